The van der Waals surface area contributed by atoms with Crippen molar-refractivity contribution < 1.29 is 9.90 Å². The SMILES string of the molecule is CC(Cc1ccccc1)Nc1nnccc1C(=O)O. The van der Waals surface area contributed by atoms with Crippen LogP contribution in [0, 0.1) is 0 Å². The Morgan fingerprint density at radius 3 is 2.74 bits per heavy atom. The van der Waals surface area contributed by atoms with Crippen molar-refractivity contribution >= 4 is 11.8 Å². The molecule has 0 spiro atoms. The van der Waals surface area contributed by atoms with Crippen LogP contribution in [0.5, 0.6) is 0 Å². The monoisotopic (exact) mass is 257 g/mol. The fraction of sp³-hybridized carbons (Fsp3) is 0.214. The van der Waals surface area contributed by atoms with Gasteiger partial charge in [0.2, 0.25) is 0 Å². The standard InChI is InChI=1S/C14H15N3O2/c1-10(9-11-5-3-2-4-6-11)16-13-12(14(18)19)7-8-15-17-13/h2-8,10H,9H2,1H3,(H,16,17)(H,18,19). The highest BCUT2D eigenvalue weighted by Gasteiger charge is 2.13. The van der Waals surface area contributed by atoms with E-state index in [1.54, 1.807) is 0 Å². The normalized spacial score (nSPS) is 11.8. The molecule has 5 heteroatoms. The van der Waals surface area contributed by atoms with Crippen LogP contribution in [0.2, 0.25) is 0 Å². The maximum absolute atomic E-state index is 11.1. The van der Waals surface area contributed by atoms with Gasteiger partial charge in [0.1, 0.15) is 5.56 Å². The van der Waals surface area contributed by atoms with Crippen LogP contribution < -0.4 is 5.32 Å². The first kappa shape index (κ1) is 13.0. The molecule has 1 atom stereocenters. The van der Waals surface area contributed by atoms with Gasteiger partial charge in [-0.1, -0.05) is 30.3 Å². The van der Waals surface area contributed by atoms with Crippen molar-refractivity contribution in [3.63, 3.8) is 0 Å². The van der Waals surface area contributed by atoms with E-state index in [1.807, 2.05) is 37.3 Å². The topological polar surface area (TPSA) is 75.1 Å². The number of nitrogens with zero attached hydrogens (tertiary/aromatic N) is 2. The van der Waals surface area contributed by atoms with Crippen molar-refractivity contribution in [2.75, 3.05) is 5.32 Å². The summed E-state index contributed by atoms with van der Waals surface area (Å²) < 4.78 is 0. The van der Waals surface area contributed by atoms with E-state index >= 15 is 0 Å². The Labute approximate surface area is 111 Å². The average molecular weight is 257 g/mol. The first-order chi connectivity index (χ1) is 9.16. The summed E-state index contributed by atoms with van der Waals surface area (Å²) >= 11 is 0. The summed E-state index contributed by atoms with van der Waals surface area (Å²) in [5.41, 5.74) is 1.32. The summed E-state index contributed by atoms with van der Waals surface area (Å²) in [4.78, 5) is 11.1. The molecule has 0 saturated carbocycles. The molecule has 0 radical (unpaired) electrons. The molecule has 1 heterocycles. The maximum Gasteiger partial charge on any atom is 0.339 e. The van der Waals surface area contributed by atoms with Gasteiger partial charge in [-0.3, -0.25) is 0 Å². The minimum atomic E-state index is -1.01. The van der Waals surface area contributed by atoms with E-state index in [2.05, 4.69) is 15.5 Å². The molecule has 1 aromatic heterocycles. The highest BCUT2D eigenvalue weighted by atomic mass is 16.4. The van der Waals surface area contributed by atoms with Crippen molar-refractivity contribution in [1.29, 1.82) is 0 Å². The Morgan fingerprint density at radius 1 is 1.32 bits per heavy atom. The molecule has 0 aliphatic carbocycles. The number of aromatic nitrogens is 2. The summed E-state index contributed by atoms with van der Waals surface area (Å²) in [7, 11) is 0. The van der Waals surface area contributed by atoms with Crippen LogP contribution in [0.3, 0.4) is 0 Å². The van der Waals surface area contributed by atoms with Gasteiger partial charge in [0.25, 0.3) is 0 Å². The van der Waals surface area contributed by atoms with Crippen LogP contribution in [0.1, 0.15) is 22.8 Å². The number of carbonyl (C=O) groups is 1. The van der Waals surface area contributed by atoms with E-state index in [4.69, 9.17) is 5.11 Å². The summed E-state index contributed by atoms with van der Waals surface area (Å²) in [5, 5.41) is 19.7. The zero-order valence-electron chi connectivity index (χ0n) is 10.6. The predicted molar refractivity (Wildman–Crippen MR) is 72.2 cm³/mol. The Balaban J connectivity index is 2.07. The van der Waals surface area contributed by atoms with Crippen molar-refractivity contribution in [2.45, 2.75) is 19.4 Å². The van der Waals surface area contributed by atoms with Gasteiger partial charge >= 0.3 is 5.97 Å². The van der Waals surface area contributed by atoms with Crippen molar-refractivity contribution in [3.8, 4) is 0 Å². The Morgan fingerprint density at radius 2 is 2.05 bits per heavy atom. The van der Waals surface area contributed by atoms with E-state index < -0.39 is 5.97 Å². The largest absolute Gasteiger partial charge is 0.478 e. The van der Waals surface area contributed by atoms with Crippen LogP contribution in [0.15, 0.2) is 42.6 Å². The van der Waals surface area contributed by atoms with Gasteiger partial charge in [0.05, 0.1) is 6.20 Å². The van der Waals surface area contributed by atoms with E-state index in [0.29, 0.717) is 5.82 Å². The summed E-state index contributed by atoms with van der Waals surface area (Å²) in [6.45, 7) is 1.98. The number of carboxylic acid groups (broad SMARTS) is 1. The Kier molecular flexibility index (Phi) is 4.07. The minimum absolute atomic E-state index is 0.0669. The van der Waals surface area contributed by atoms with Crippen LogP contribution in [-0.4, -0.2) is 27.3 Å². The molecule has 0 aliphatic rings. The Hall–Kier alpha value is -2.43. The van der Waals surface area contributed by atoms with Gasteiger partial charge in [-0.15, -0.1) is 5.10 Å². The summed E-state index contributed by atoms with van der Waals surface area (Å²) in [6, 6.07) is 11.5. The molecule has 2 aromatic rings. The molecule has 98 valence electrons. The number of anilines is 1. The lowest BCUT2D eigenvalue weighted by Gasteiger charge is -2.15. The van der Waals surface area contributed by atoms with Crippen molar-refractivity contribution in [3.05, 3.63) is 53.7 Å². The van der Waals surface area contributed by atoms with Gasteiger partial charge in [0, 0.05) is 6.04 Å². The molecule has 0 bridgehead atoms. The molecule has 0 amide bonds. The number of rotatable bonds is 5. The predicted octanol–water partition coefficient (Wildman–Crippen LogP) is 2.22. The zero-order valence-corrected chi connectivity index (χ0v) is 10.6. The minimum Gasteiger partial charge on any atom is -0.478 e. The molecule has 2 N–H and O–H groups in total. The van der Waals surface area contributed by atoms with Crippen molar-refractivity contribution in [1.82, 2.24) is 10.2 Å². The van der Waals surface area contributed by atoms with E-state index in [0.717, 1.165) is 6.42 Å². The third-order valence-corrected chi connectivity index (χ3v) is 2.72. The molecule has 0 saturated heterocycles. The first-order valence-electron chi connectivity index (χ1n) is 6.02. The molecule has 2 rings (SSSR count). The first-order valence-corrected chi connectivity index (χ1v) is 6.02. The fourth-order valence-corrected chi connectivity index (χ4v) is 1.86. The van der Waals surface area contributed by atoms with Crippen LogP contribution in [0.4, 0.5) is 5.82 Å². The third kappa shape index (κ3) is 3.51. The lowest BCUT2D eigenvalue weighted by molar-refractivity contribution is 0.0697. The van der Waals surface area contributed by atoms with Crippen LogP contribution in [0.25, 0.3) is 0 Å². The lowest BCUT2D eigenvalue weighted by Crippen LogP contribution is -2.21. The van der Waals surface area contributed by atoms with Crippen molar-refractivity contribution in [2.24, 2.45) is 0 Å². The van der Waals surface area contributed by atoms with Crippen LogP contribution >= 0.6 is 0 Å². The second-order valence-electron chi connectivity index (χ2n) is 4.33. The quantitative estimate of drug-likeness (QED) is 0.859. The summed E-state index contributed by atoms with van der Waals surface area (Å²) in [5.74, 6) is -0.706. The van der Waals surface area contributed by atoms with E-state index in [-0.39, 0.29) is 11.6 Å². The molecule has 0 fully saturated rings. The Bertz CT molecular complexity index is 558. The molecular weight excluding hydrogens is 242 g/mol. The van der Waals surface area contributed by atoms with Gasteiger partial charge in [-0.25, -0.2) is 4.79 Å². The molecule has 5 nitrogen and oxygen atoms in total. The number of nitrogens with one attached hydrogen (secondary N) is 1. The maximum atomic E-state index is 11.1. The van der Waals surface area contributed by atoms with E-state index in [1.165, 1.54) is 17.8 Å². The number of hydrogen-bond acceptors (Lipinski definition) is 4. The number of carboxylic acids is 1. The van der Waals surface area contributed by atoms with Gasteiger partial charge < -0.3 is 10.4 Å². The lowest BCUT2D eigenvalue weighted by atomic mass is 10.1. The molecular formula is C14H15N3O2. The van der Waals surface area contributed by atoms with Gasteiger partial charge in [-0.2, -0.15) is 5.10 Å². The van der Waals surface area contributed by atoms with Gasteiger partial charge in [-0.05, 0) is 25.0 Å². The third-order valence-electron chi connectivity index (χ3n) is 2.72. The highest BCUT2D eigenvalue weighted by Crippen LogP contribution is 2.13. The summed E-state index contributed by atoms with van der Waals surface area (Å²) in [6.07, 6.45) is 2.16. The molecule has 19 heavy (non-hydrogen) atoms. The number of benzene rings is 1. The van der Waals surface area contributed by atoms with Crippen LogP contribution in [-0.2, 0) is 6.42 Å². The average Bonchev–Trinajstić information content (AvgIpc) is 2.40. The molecule has 0 aliphatic heterocycles. The van der Waals surface area contributed by atoms with Gasteiger partial charge in [0.15, 0.2) is 5.82 Å². The second-order valence-corrected chi connectivity index (χ2v) is 4.33. The second kappa shape index (κ2) is 5.95. The zero-order chi connectivity index (χ0) is 13.7. The molecule has 1 unspecified atom stereocenters. The van der Waals surface area contributed by atoms with E-state index in [9.17, 15) is 4.79 Å². The highest BCUT2D eigenvalue weighted by molar-refractivity contribution is 5.92. The fourth-order valence-electron chi connectivity index (χ4n) is 1.86. The molecule has 1 aromatic carbocycles. The number of hydrogen-bond donors (Lipinski definition) is 2. The number of aromatic carboxylic acids is 1. The smallest absolute Gasteiger partial charge is 0.339 e.